The van der Waals surface area contributed by atoms with E-state index in [9.17, 15) is 0 Å². The summed E-state index contributed by atoms with van der Waals surface area (Å²) >= 11 is 3.44. The second kappa shape index (κ2) is 40.3. The molecule has 0 radical (unpaired) electrons. The summed E-state index contributed by atoms with van der Waals surface area (Å²) in [7, 11) is 3.95. The maximum atomic E-state index is 8.17. The average molecular weight is 1170 g/mol. The lowest BCUT2D eigenvalue weighted by Gasteiger charge is -2.17. The number of halogens is 1. The Labute approximate surface area is 495 Å². The summed E-state index contributed by atoms with van der Waals surface area (Å²) in [5.41, 5.74) is 30.6. The molecule has 450 valence electrons. The zero-order chi connectivity index (χ0) is 56.3. The average Bonchev–Trinajstić information content (AvgIpc) is 4.19. The third kappa shape index (κ3) is 22.7. The van der Waals surface area contributed by atoms with E-state index in [-0.39, 0.29) is 63.6 Å². The Bertz CT molecular complexity index is 3020. The number of allylic oxidation sites excluding steroid dienone is 4. The number of hydrogen-bond acceptors (Lipinski definition) is 9. The van der Waals surface area contributed by atoms with Gasteiger partial charge in [-0.15, -0.1) is 0 Å². The minimum absolute atomic E-state index is 0. The minimum Gasteiger partial charge on any atom is -0.393 e. The summed E-state index contributed by atoms with van der Waals surface area (Å²) in [5.74, 6) is 3.13. The molecule has 3 atom stereocenters. The van der Waals surface area contributed by atoms with E-state index in [0.29, 0.717) is 46.1 Å². The van der Waals surface area contributed by atoms with Crippen molar-refractivity contribution in [2.24, 2.45) is 49.2 Å². The molecule has 1 aliphatic rings. The van der Waals surface area contributed by atoms with Crippen LogP contribution in [0.3, 0.4) is 0 Å². The van der Waals surface area contributed by atoms with Crippen LogP contribution in [-0.4, -0.2) is 59.3 Å². The Kier molecular flexibility index (Phi) is 43.7. The van der Waals surface area contributed by atoms with Gasteiger partial charge in [0.05, 0.1) is 65.6 Å². The molecule has 6 aromatic rings. The molecule has 7 heterocycles. The van der Waals surface area contributed by atoms with Gasteiger partial charge in [-0.1, -0.05) is 129 Å². The first-order valence-corrected chi connectivity index (χ1v) is 25.2. The first-order valence-electron chi connectivity index (χ1n) is 24.3. The highest BCUT2D eigenvalue weighted by atomic mass is 79.9. The van der Waals surface area contributed by atoms with E-state index in [1.807, 2.05) is 87.0 Å². The summed E-state index contributed by atoms with van der Waals surface area (Å²) < 4.78 is 11.4. The number of alkyl halides is 1. The van der Waals surface area contributed by atoms with Crippen LogP contribution >= 0.6 is 15.9 Å². The Morgan fingerprint density at radius 1 is 0.637 bits per heavy atom. The van der Waals surface area contributed by atoms with Crippen molar-refractivity contribution in [2.75, 3.05) is 12.3 Å². The van der Waals surface area contributed by atoms with Crippen molar-refractivity contribution in [3.05, 3.63) is 109 Å². The molecule has 3 unspecified atom stereocenters. The minimum atomic E-state index is 0. The Morgan fingerprint density at radius 3 is 1.39 bits per heavy atom. The summed E-state index contributed by atoms with van der Waals surface area (Å²) in [5, 5.41) is 33.6. The van der Waals surface area contributed by atoms with Gasteiger partial charge in [0.15, 0.2) is 0 Å². The van der Waals surface area contributed by atoms with Gasteiger partial charge in [-0.2, -0.15) is 30.9 Å². The number of nitrogens with zero attached hydrogens (tertiary/aromatic N) is 15. The SMILES string of the molecule is C.C.C.C.C.C.C.CC(C)=C(C#N)C#N.CC(C)C(C)Br.CC(C)C(C)CN.Cc1nn2c(C)cn(C)c2c1CN.[C-]#[N+]c1c(C)nn(C(C)C(C)C)c1N.[C-]#[N+]c1c(C)nn2c(C)cn(C)c12.[C-]#[N+]c1c(C)nn2c1CC=C2C. The molecule has 0 bridgehead atoms. The van der Waals surface area contributed by atoms with E-state index in [1.54, 1.807) is 30.7 Å². The Balaban J connectivity index is -0.000000156. The van der Waals surface area contributed by atoms with Gasteiger partial charge in [0.25, 0.3) is 5.69 Å². The number of imidazole rings is 2. The van der Waals surface area contributed by atoms with Crippen LogP contribution in [0.4, 0.5) is 22.9 Å². The molecule has 19 heteroatoms. The molecule has 0 aliphatic carbocycles. The number of anilines is 1. The highest BCUT2D eigenvalue weighted by Crippen LogP contribution is 2.32. The largest absolute Gasteiger partial charge is 0.393 e. The molecule has 18 nitrogen and oxygen atoms in total. The summed E-state index contributed by atoms with van der Waals surface area (Å²) in [6.07, 6.45) is 6.97. The maximum Gasteiger partial charge on any atom is 0.251 e. The number of nitriles is 2. The molecule has 0 aromatic carbocycles. The monoisotopic (exact) mass is 1170 g/mol. The van der Waals surface area contributed by atoms with E-state index in [0.717, 1.165) is 92.8 Å². The van der Waals surface area contributed by atoms with Gasteiger partial charge in [-0.25, -0.2) is 23.6 Å². The predicted octanol–water partition coefficient (Wildman–Crippen LogP) is 16.8. The van der Waals surface area contributed by atoms with Crippen molar-refractivity contribution in [1.82, 2.24) is 47.9 Å². The van der Waals surface area contributed by atoms with Gasteiger partial charge in [0, 0.05) is 55.5 Å². The van der Waals surface area contributed by atoms with Crippen molar-refractivity contribution >= 4 is 55.8 Å². The molecule has 80 heavy (non-hydrogen) atoms. The van der Waals surface area contributed by atoms with Crippen molar-refractivity contribution in [1.29, 1.82) is 10.5 Å². The fourth-order valence-corrected chi connectivity index (χ4v) is 6.71. The third-order valence-corrected chi connectivity index (χ3v) is 13.5. The zero-order valence-corrected chi connectivity index (χ0v) is 48.7. The lowest BCUT2D eigenvalue weighted by atomic mass is 9.99. The lowest BCUT2D eigenvalue weighted by Crippen LogP contribution is -2.15. The van der Waals surface area contributed by atoms with Crippen molar-refractivity contribution in [2.45, 2.75) is 200 Å². The van der Waals surface area contributed by atoms with Gasteiger partial charge in [0.1, 0.15) is 34.8 Å². The highest BCUT2D eigenvalue weighted by molar-refractivity contribution is 9.09. The number of nitrogens with two attached hydrogens (primary N) is 3. The lowest BCUT2D eigenvalue weighted by molar-refractivity contribution is 0.379. The van der Waals surface area contributed by atoms with Crippen LogP contribution in [0.15, 0.2) is 29.6 Å². The van der Waals surface area contributed by atoms with E-state index in [4.69, 9.17) is 47.4 Å². The second-order valence-electron chi connectivity index (χ2n) is 19.3. The van der Waals surface area contributed by atoms with Crippen LogP contribution in [0.1, 0.15) is 187 Å². The maximum absolute atomic E-state index is 8.17. The molecule has 6 N–H and O–H groups in total. The standard InChI is InChI=1S/C10H16N4.C9H10N4.C9H14N4.C9H9N3.C6H6N2.C6H15N.C5H11Br.7CH4/c1-6(2)8(4)14-10(11)9(12-5)7(3)13-14;1-6-5-12(4)9-8(10-3)7(2)11-13(6)9;1-6-5-12(3)9-8(4-10)7(2)11-13(6)9;1-6-4-5-8-9(10-3)7(2)11-12(6)8;1-5(2)6(3-7)4-8;1-5(2)6(3)4-7;1-4(2)5(3)6;;;;;;;/h6,8H,11H2,1-4H3;5H,1-2,4H3;5H,4,10H2,1-3H3;4H,5H2,1-2H3;1-2H3;5-6H,4,7H2,1-3H3;4-5H,1-3H3;7*1H4. The van der Waals surface area contributed by atoms with Crippen molar-refractivity contribution in [3.8, 4) is 12.1 Å². The molecule has 0 saturated heterocycles. The molecule has 0 fully saturated rings. The molecular formula is C61H109BrN18. The van der Waals surface area contributed by atoms with Crippen molar-refractivity contribution in [3.63, 3.8) is 0 Å². The second-order valence-corrected chi connectivity index (χ2v) is 20.8. The van der Waals surface area contributed by atoms with Crippen molar-refractivity contribution < 1.29 is 0 Å². The molecule has 6 aromatic heterocycles. The van der Waals surface area contributed by atoms with Crippen LogP contribution in [0, 0.1) is 108 Å². The molecule has 0 saturated carbocycles. The van der Waals surface area contributed by atoms with Crippen LogP contribution in [0.25, 0.3) is 31.5 Å². The van der Waals surface area contributed by atoms with Crippen LogP contribution in [-0.2, 0) is 27.1 Å². The fourth-order valence-electron chi connectivity index (χ4n) is 6.71. The summed E-state index contributed by atoms with van der Waals surface area (Å²) in [6.45, 7) is 58.8. The highest BCUT2D eigenvalue weighted by Gasteiger charge is 2.20. The fraction of sp³-hybridized carbons (Fsp3) is 0.590. The molecule has 0 spiro atoms. The van der Waals surface area contributed by atoms with Crippen LogP contribution < -0.4 is 17.2 Å². The van der Waals surface area contributed by atoms with Gasteiger partial charge < -0.3 is 26.3 Å². The number of hydrogen-bond donors (Lipinski definition) is 3. The summed E-state index contributed by atoms with van der Waals surface area (Å²) in [4.78, 5) is 11.0. The smallest absolute Gasteiger partial charge is 0.251 e. The Morgan fingerprint density at radius 2 is 1.05 bits per heavy atom. The zero-order valence-electron chi connectivity index (χ0n) is 47.1. The number of rotatable bonds is 6. The van der Waals surface area contributed by atoms with Gasteiger partial charge >= 0.3 is 0 Å². The molecule has 1 aliphatic heterocycles. The quantitative estimate of drug-likeness (QED) is 0.0819. The molecule has 7 rings (SSSR count). The van der Waals surface area contributed by atoms with E-state index in [1.165, 1.54) is 0 Å². The van der Waals surface area contributed by atoms with Crippen LogP contribution in [0.2, 0.25) is 0 Å². The molecule has 0 amide bonds. The topological polar surface area (TPSA) is 219 Å². The first-order chi connectivity index (χ1) is 34.1. The van der Waals surface area contributed by atoms with Crippen LogP contribution in [0.5, 0.6) is 0 Å². The number of fused-ring (bicyclic) bond motifs is 3. The predicted molar refractivity (Wildman–Crippen MR) is 348 cm³/mol. The van der Waals surface area contributed by atoms with E-state index >= 15 is 0 Å². The van der Waals surface area contributed by atoms with E-state index in [2.05, 4.69) is 130 Å². The Hall–Kier alpha value is -6.95. The number of aromatic nitrogens is 10. The summed E-state index contributed by atoms with van der Waals surface area (Å²) in [6, 6.07) is 3.77. The normalized spacial score (nSPS) is 11.0. The van der Waals surface area contributed by atoms with Gasteiger partial charge in [0.2, 0.25) is 11.4 Å². The van der Waals surface area contributed by atoms with Gasteiger partial charge in [-0.05, 0) is 105 Å². The van der Waals surface area contributed by atoms with Gasteiger partial charge in [-0.3, -0.25) is 9.36 Å². The molecular weight excluding hydrogens is 1060 g/mol. The third-order valence-electron chi connectivity index (χ3n) is 12.4. The first kappa shape index (κ1) is 86.9. The van der Waals surface area contributed by atoms with E-state index < -0.39 is 0 Å². The number of nitrogen functional groups attached to an aromatic ring is 1. The number of aryl methyl sites for hydroxylation is 8.